The Bertz CT molecular complexity index is 659. The van der Waals surface area contributed by atoms with Crippen molar-refractivity contribution in [3.8, 4) is 11.5 Å². The molecule has 0 radical (unpaired) electrons. The molecule has 0 fully saturated rings. The first-order chi connectivity index (χ1) is 12.2. The Balaban J connectivity index is 2.06. The highest BCUT2D eigenvalue weighted by atomic mass is 35.5. The number of aliphatic hydroxyl groups excluding tert-OH is 1. The van der Waals surface area contributed by atoms with Crippen molar-refractivity contribution in [3.63, 3.8) is 0 Å². The molecular formula is C19H23Cl2NO3. The van der Waals surface area contributed by atoms with Crippen LogP contribution in [0.4, 0.5) is 0 Å². The Morgan fingerprint density at radius 2 is 1.80 bits per heavy atom. The smallest absolute Gasteiger partial charge is 0.161 e. The van der Waals surface area contributed by atoms with Gasteiger partial charge in [-0.1, -0.05) is 35.3 Å². The fourth-order valence-electron chi connectivity index (χ4n) is 2.31. The van der Waals surface area contributed by atoms with Crippen molar-refractivity contribution < 1.29 is 14.6 Å². The van der Waals surface area contributed by atoms with Crippen LogP contribution < -0.4 is 14.8 Å². The lowest BCUT2D eigenvalue weighted by Gasteiger charge is -2.15. The molecule has 0 saturated carbocycles. The Hall–Kier alpha value is -1.46. The van der Waals surface area contributed by atoms with Gasteiger partial charge in [-0.2, -0.15) is 0 Å². The molecule has 0 aliphatic rings. The molecule has 136 valence electrons. The molecule has 0 bridgehead atoms. The monoisotopic (exact) mass is 383 g/mol. The molecule has 2 rings (SSSR count). The predicted octanol–water partition coefficient (Wildman–Crippen LogP) is 4.44. The number of hydrogen-bond acceptors (Lipinski definition) is 4. The molecule has 2 N–H and O–H groups in total. The highest BCUT2D eigenvalue weighted by Crippen LogP contribution is 2.31. The fraction of sp³-hybridized carbons (Fsp3) is 0.368. The van der Waals surface area contributed by atoms with Crippen molar-refractivity contribution in [1.29, 1.82) is 0 Å². The Morgan fingerprint density at radius 1 is 1.04 bits per heavy atom. The van der Waals surface area contributed by atoms with Crippen molar-refractivity contribution in [2.75, 3.05) is 19.8 Å². The van der Waals surface area contributed by atoms with Gasteiger partial charge in [0.1, 0.15) is 6.61 Å². The van der Waals surface area contributed by atoms with Crippen LogP contribution in [0.1, 0.15) is 24.5 Å². The zero-order valence-corrected chi connectivity index (χ0v) is 15.7. The lowest BCUT2D eigenvalue weighted by Crippen LogP contribution is -2.15. The van der Waals surface area contributed by atoms with Gasteiger partial charge in [0.05, 0.1) is 6.61 Å². The average Bonchev–Trinajstić information content (AvgIpc) is 2.60. The van der Waals surface area contributed by atoms with Gasteiger partial charge in [0.15, 0.2) is 11.5 Å². The van der Waals surface area contributed by atoms with Crippen LogP contribution in [-0.4, -0.2) is 24.9 Å². The van der Waals surface area contributed by atoms with Crippen molar-refractivity contribution in [2.45, 2.75) is 26.5 Å². The predicted molar refractivity (Wildman–Crippen MR) is 102 cm³/mol. The van der Waals surface area contributed by atoms with E-state index in [0.29, 0.717) is 34.7 Å². The lowest BCUT2D eigenvalue weighted by molar-refractivity contribution is 0.269. The molecule has 6 heteroatoms. The second-order valence-corrected chi connectivity index (χ2v) is 6.27. The third kappa shape index (κ3) is 6.08. The molecule has 0 aromatic heterocycles. The summed E-state index contributed by atoms with van der Waals surface area (Å²) in [7, 11) is 0. The van der Waals surface area contributed by atoms with E-state index in [0.717, 1.165) is 24.1 Å². The maximum absolute atomic E-state index is 8.81. The van der Waals surface area contributed by atoms with E-state index in [9.17, 15) is 0 Å². The quantitative estimate of drug-likeness (QED) is 0.595. The summed E-state index contributed by atoms with van der Waals surface area (Å²) in [4.78, 5) is 0. The third-order valence-corrected chi connectivity index (χ3v) is 4.29. The van der Waals surface area contributed by atoms with Crippen LogP contribution in [0.5, 0.6) is 11.5 Å². The largest absolute Gasteiger partial charge is 0.490 e. The summed E-state index contributed by atoms with van der Waals surface area (Å²) in [5, 5.41) is 13.2. The van der Waals surface area contributed by atoms with E-state index in [1.165, 1.54) is 0 Å². The van der Waals surface area contributed by atoms with E-state index >= 15 is 0 Å². The Morgan fingerprint density at radius 3 is 2.48 bits per heavy atom. The summed E-state index contributed by atoms with van der Waals surface area (Å²) in [6.07, 6.45) is 0.734. The van der Waals surface area contributed by atoms with Crippen LogP contribution in [0.3, 0.4) is 0 Å². The summed E-state index contributed by atoms with van der Waals surface area (Å²) in [6.45, 7) is 4.41. The van der Waals surface area contributed by atoms with E-state index in [1.54, 1.807) is 18.2 Å². The maximum atomic E-state index is 8.81. The third-order valence-electron chi connectivity index (χ3n) is 3.58. The normalized spacial score (nSPS) is 10.7. The highest BCUT2D eigenvalue weighted by molar-refractivity contribution is 6.35. The lowest BCUT2D eigenvalue weighted by atomic mass is 10.2. The SMILES string of the molecule is CCOc1cc(CNCCCO)ccc1OCc1c(Cl)cccc1Cl. The fourth-order valence-corrected chi connectivity index (χ4v) is 2.81. The van der Waals surface area contributed by atoms with Gasteiger partial charge in [-0.05, 0) is 49.7 Å². The minimum atomic E-state index is 0.189. The molecule has 0 spiro atoms. The molecule has 2 aromatic rings. The van der Waals surface area contributed by atoms with E-state index in [4.69, 9.17) is 37.8 Å². The van der Waals surface area contributed by atoms with E-state index in [-0.39, 0.29) is 13.2 Å². The number of aliphatic hydroxyl groups is 1. The summed E-state index contributed by atoms with van der Waals surface area (Å²) in [5.41, 5.74) is 1.84. The van der Waals surface area contributed by atoms with E-state index < -0.39 is 0 Å². The van der Waals surface area contributed by atoms with Gasteiger partial charge in [-0.15, -0.1) is 0 Å². The van der Waals surface area contributed by atoms with Crippen LogP contribution >= 0.6 is 23.2 Å². The van der Waals surface area contributed by atoms with Gasteiger partial charge >= 0.3 is 0 Å². The Labute approximate surface area is 158 Å². The van der Waals surface area contributed by atoms with Crippen molar-refractivity contribution in [1.82, 2.24) is 5.32 Å². The number of hydrogen-bond donors (Lipinski definition) is 2. The first kappa shape index (κ1) is 19.9. The zero-order chi connectivity index (χ0) is 18.1. The molecule has 0 aliphatic carbocycles. The van der Waals surface area contributed by atoms with Gasteiger partial charge in [0.25, 0.3) is 0 Å². The molecule has 0 saturated heterocycles. The molecule has 0 heterocycles. The summed E-state index contributed by atoms with van der Waals surface area (Å²) < 4.78 is 11.6. The molecular weight excluding hydrogens is 361 g/mol. The van der Waals surface area contributed by atoms with Crippen LogP contribution in [0.2, 0.25) is 10.0 Å². The number of rotatable bonds is 10. The molecule has 2 aromatic carbocycles. The van der Waals surface area contributed by atoms with Gasteiger partial charge in [-0.25, -0.2) is 0 Å². The number of halogens is 2. The van der Waals surface area contributed by atoms with Crippen LogP contribution in [0, 0.1) is 0 Å². The summed E-state index contributed by atoms with van der Waals surface area (Å²) in [5.74, 6) is 1.34. The summed E-state index contributed by atoms with van der Waals surface area (Å²) >= 11 is 12.4. The van der Waals surface area contributed by atoms with Crippen LogP contribution in [0.25, 0.3) is 0 Å². The minimum absolute atomic E-state index is 0.189. The maximum Gasteiger partial charge on any atom is 0.161 e. The van der Waals surface area contributed by atoms with Crippen molar-refractivity contribution >= 4 is 23.2 Å². The van der Waals surface area contributed by atoms with Gasteiger partial charge in [0.2, 0.25) is 0 Å². The molecule has 25 heavy (non-hydrogen) atoms. The molecule has 4 nitrogen and oxygen atoms in total. The molecule has 0 aliphatic heterocycles. The van der Waals surface area contributed by atoms with Crippen LogP contribution in [0.15, 0.2) is 36.4 Å². The van der Waals surface area contributed by atoms with Crippen LogP contribution in [-0.2, 0) is 13.2 Å². The van der Waals surface area contributed by atoms with E-state index in [2.05, 4.69) is 5.32 Å². The number of ether oxygens (including phenoxy) is 2. The highest BCUT2D eigenvalue weighted by Gasteiger charge is 2.10. The average molecular weight is 384 g/mol. The second kappa shape index (κ2) is 10.5. The number of nitrogens with one attached hydrogen (secondary N) is 1. The molecule has 0 atom stereocenters. The van der Waals surface area contributed by atoms with Gasteiger partial charge in [-0.3, -0.25) is 0 Å². The Kier molecular flexibility index (Phi) is 8.35. The minimum Gasteiger partial charge on any atom is -0.490 e. The zero-order valence-electron chi connectivity index (χ0n) is 14.2. The number of benzene rings is 2. The standard InChI is InChI=1S/C19H23Cl2NO3/c1-2-24-19-11-14(12-22-9-4-10-23)7-8-18(19)25-13-15-16(20)5-3-6-17(15)21/h3,5-8,11,22-23H,2,4,9-10,12-13H2,1H3. The van der Waals surface area contributed by atoms with Crippen molar-refractivity contribution in [3.05, 3.63) is 57.6 Å². The first-order valence-corrected chi connectivity index (χ1v) is 9.04. The van der Waals surface area contributed by atoms with Crippen molar-refractivity contribution in [2.24, 2.45) is 0 Å². The van der Waals surface area contributed by atoms with E-state index in [1.807, 2.05) is 25.1 Å². The molecule has 0 amide bonds. The second-order valence-electron chi connectivity index (χ2n) is 5.46. The summed E-state index contributed by atoms with van der Waals surface area (Å²) in [6, 6.07) is 11.2. The topological polar surface area (TPSA) is 50.7 Å². The van der Waals surface area contributed by atoms with Gasteiger partial charge < -0.3 is 19.9 Å². The molecule has 0 unspecified atom stereocenters. The van der Waals surface area contributed by atoms with Gasteiger partial charge in [0, 0.05) is 28.8 Å². The first-order valence-electron chi connectivity index (χ1n) is 8.28.